The van der Waals surface area contributed by atoms with Gasteiger partial charge in [-0.15, -0.1) is 0 Å². The van der Waals surface area contributed by atoms with Crippen LogP contribution in [0.1, 0.15) is 48.5 Å². The van der Waals surface area contributed by atoms with Gasteiger partial charge in [-0.1, -0.05) is 6.07 Å². The first-order chi connectivity index (χ1) is 17.6. The van der Waals surface area contributed by atoms with Crippen LogP contribution in [0.5, 0.6) is 0 Å². The molecular weight excluding hydrogens is 458 g/mol. The van der Waals surface area contributed by atoms with Crippen molar-refractivity contribution in [3.8, 4) is 11.3 Å². The zero-order valence-electron chi connectivity index (χ0n) is 19.8. The third-order valence-corrected chi connectivity index (χ3v) is 8.01. The van der Waals surface area contributed by atoms with Gasteiger partial charge in [-0.3, -0.25) is 9.48 Å². The number of benzene rings is 1. The summed E-state index contributed by atoms with van der Waals surface area (Å²) in [5, 5.41) is 10.4. The molecule has 1 aliphatic carbocycles. The monoisotopic (exact) mass is 485 g/mol. The van der Waals surface area contributed by atoms with E-state index >= 15 is 0 Å². The van der Waals surface area contributed by atoms with Crippen LogP contribution in [0.4, 0.5) is 5.82 Å². The molecule has 0 radical (unpaired) electrons. The third kappa shape index (κ3) is 3.39. The maximum Gasteiger partial charge on any atom is 0.254 e. The van der Waals surface area contributed by atoms with E-state index in [0.717, 1.165) is 67.2 Å². The van der Waals surface area contributed by atoms with Crippen molar-refractivity contribution in [2.45, 2.75) is 50.3 Å². The van der Waals surface area contributed by atoms with Crippen molar-refractivity contribution in [1.82, 2.24) is 24.4 Å². The van der Waals surface area contributed by atoms with Gasteiger partial charge in [0, 0.05) is 35.8 Å². The molecule has 5 heterocycles. The molecular formula is C26H27N7O3. The Morgan fingerprint density at radius 3 is 2.69 bits per heavy atom. The summed E-state index contributed by atoms with van der Waals surface area (Å²) in [4.78, 5) is 30.8. The summed E-state index contributed by atoms with van der Waals surface area (Å²) in [6, 6.07) is 8.42. The third-order valence-electron chi connectivity index (χ3n) is 8.01. The Bertz CT molecular complexity index is 1500. The minimum atomic E-state index is -0.557. The molecule has 2 saturated heterocycles. The predicted octanol–water partition coefficient (Wildman–Crippen LogP) is 2.75. The second-order valence-electron chi connectivity index (χ2n) is 10.2. The van der Waals surface area contributed by atoms with Gasteiger partial charge in [-0.05, 0) is 50.3 Å². The fourth-order valence-corrected chi connectivity index (χ4v) is 6.07. The molecule has 2 bridgehead atoms. The molecule has 4 aromatic rings. The molecule has 0 unspecified atom stereocenters. The Balaban J connectivity index is 1.25. The average molecular weight is 486 g/mol. The molecule has 3 aliphatic rings. The van der Waals surface area contributed by atoms with Gasteiger partial charge in [-0.25, -0.2) is 9.50 Å². The van der Waals surface area contributed by atoms with E-state index in [2.05, 4.69) is 4.90 Å². The van der Waals surface area contributed by atoms with Gasteiger partial charge >= 0.3 is 0 Å². The van der Waals surface area contributed by atoms with E-state index in [1.54, 1.807) is 4.52 Å². The lowest BCUT2D eigenvalue weighted by Crippen LogP contribution is -2.37. The Kier molecular flexibility index (Phi) is 4.85. The van der Waals surface area contributed by atoms with E-state index in [1.165, 1.54) is 0 Å². The predicted molar refractivity (Wildman–Crippen MR) is 133 cm³/mol. The van der Waals surface area contributed by atoms with Crippen LogP contribution in [0.15, 0.2) is 36.7 Å². The fraction of sp³-hybridized carbons (Fsp3) is 0.423. The minimum Gasteiger partial charge on any atom is -0.374 e. The SMILES string of the molecule is NC(=O)c1c(-c2ccc3nn(C4CCC(C=O)CC4)cc3c2)nn2ccc(N3C[C@H]4C[C@@H]3CO4)nc12. The summed E-state index contributed by atoms with van der Waals surface area (Å²) in [6.45, 7) is 1.51. The highest BCUT2D eigenvalue weighted by atomic mass is 16.5. The highest BCUT2D eigenvalue weighted by molar-refractivity contribution is 6.05. The van der Waals surface area contributed by atoms with E-state index in [0.29, 0.717) is 35.6 Å². The van der Waals surface area contributed by atoms with Gasteiger partial charge in [0.05, 0.1) is 30.3 Å². The van der Waals surface area contributed by atoms with E-state index in [-0.39, 0.29) is 12.0 Å². The summed E-state index contributed by atoms with van der Waals surface area (Å²) >= 11 is 0. The summed E-state index contributed by atoms with van der Waals surface area (Å²) < 4.78 is 9.37. The first-order valence-electron chi connectivity index (χ1n) is 12.6. The molecule has 10 nitrogen and oxygen atoms in total. The van der Waals surface area contributed by atoms with Crippen molar-refractivity contribution in [2.24, 2.45) is 11.7 Å². The molecule has 2 atom stereocenters. The number of ether oxygens (including phenoxy) is 1. The Morgan fingerprint density at radius 2 is 1.97 bits per heavy atom. The number of carbonyl (C=O) groups is 2. The number of morpholine rings is 1. The lowest BCUT2D eigenvalue weighted by molar-refractivity contribution is -0.112. The maximum atomic E-state index is 12.6. The average Bonchev–Trinajstić information content (AvgIpc) is 3.69. The summed E-state index contributed by atoms with van der Waals surface area (Å²) in [5.41, 5.74) is 8.82. The van der Waals surface area contributed by atoms with E-state index in [4.69, 9.17) is 25.7 Å². The van der Waals surface area contributed by atoms with Crippen molar-refractivity contribution in [2.75, 3.05) is 18.1 Å². The standard InChI is InChI=1S/C26H27N7O3/c27-25(35)23-24(30-32-8-7-22(28-26(23)32)31-12-20-10-19(31)14-36-20)16-3-6-21-17(9-16)11-33(29-21)18-4-1-15(13-34)2-5-18/h3,6-9,11,13,15,18-20H,1-2,4-5,10,12,14H2,(H2,27,35)/t15?,18?,19-,20-/m1/s1. The summed E-state index contributed by atoms with van der Waals surface area (Å²) in [5.74, 6) is 0.426. The van der Waals surface area contributed by atoms with Crippen LogP contribution in [0.25, 0.3) is 27.8 Å². The van der Waals surface area contributed by atoms with Gasteiger partial charge in [0.15, 0.2) is 5.65 Å². The molecule has 1 aromatic carbocycles. The lowest BCUT2D eigenvalue weighted by Gasteiger charge is -2.27. The van der Waals surface area contributed by atoms with Crippen molar-refractivity contribution in [3.63, 3.8) is 0 Å². The van der Waals surface area contributed by atoms with Crippen LogP contribution in [-0.4, -0.2) is 61.9 Å². The minimum absolute atomic E-state index is 0.170. The van der Waals surface area contributed by atoms with Crippen molar-refractivity contribution >= 4 is 34.6 Å². The Morgan fingerprint density at radius 1 is 1.11 bits per heavy atom. The number of primary amides is 1. The second-order valence-corrected chi connectivity index (χ2v) is 10.2. The molecule has 2 N–H and O–H groups in total. The molecule has 3 fully saturated rings. The number of hydrogen-bond donors (Lipinski definition) is 1. The van der Waals surface area contributed by atoms with Crippen LogP contribution < -0.4 is 10.6 Å². The van der Waals surface area contributed by atoms with Crippen LogP contribution in [0.3, 0.4) is 0 Å². The Labute approximate surface area is 207 Å². The molecule has 2 aliphatic heterocycles. The number of aldehydes is 1. The van der Waals surface area contributed by atoms with Gasteiger partial charge in [0.2, 0.25) is 0 Å². The number of rotatable bonds is 5. The van der Waals surface area contributed by atoms with E-state index < -0.39 is 5.91 Å². The summed E-state index contributed by atoms with van der Waals surface area (Å²) in [6.07, 6.45) is 9.91. The van der Waals surface area contributed by atoms with Crippen LogP contribution in [0, 0.1) is 5.92 Å². The Hall–Kier alpha value is -3.79. The first-order valence-corrected chi connectivity index (χ1v) is 12.6. The molecule has 184 valence electrons. The molecule has 0 spiro atoms. The van der Waals surface area contributed by atoms with Gasteiger partial charge in [0.25, 0.3) is 5.91 Å². The lowest BCUT2D eigenvalue weighted by atomic mass is 9.87. The smallest absolute Gasteiger partial charge is 0.254 e. The van der Waals surface area contributed by atoms with Crippen molar-refractivity contribution < 1.29 is 14.3 Å². The number of aromatic nitrogens is 5. The molecule has 1 amide bonds. The number of hydrogen-bond acceptors (Lipinski definition) is 7. The van der Waals surface area contributed by atoms with Crippen molar-refractivity contribution in [1.29, 1.82) is 0 Å². The van der Waals surface area contributed by atoms with Gasteiger partial charge in [0.1, 0.15) is 23.4 Å². The number of fused-ring (bicyclic) bond motifs is 4. The largest absolute Gasteiger partial charge is 0.374 e. The number of nitrogens with zero attached hydrogens (tertiary/aromatic N) is 6. The fourth-order valence-electron chi connectivity index (χ4n) is 6.07. The van der Waals surface area contributed by atoms with Gasteiger partial charge < -0.3 is 20.2 Å². The first kappa shape index (κ1) is 21.5. The summed E-state index contributed by atoms with van der Waals surface area (Å²) in [7, 11) is 0. The van der Waals surface area contributed by atoms with Crippen LogP contribution in [-0.2, 0) is 9.53 Å². The maximum absolute atomic E-state index is 12.6. The molecule has 3 aromatic heterocycles. The highest BCUT2D eigenvalue weighted by Gasteiger charge is 2.39. The zero-order valence-corrected chi connectivity index (χ0v) is 19.8. The topological polar surface area (TPSA) is 121 Å². The van der Waals surface area contributed by atoms with Crippen LogP contribution >= 0.6 is 0 Å². The number of amides is 1. The van der Waals surface area contributed by atoms with E-state index in [1.807, 2.05) is 41.3 Å². The van der Waals surface area contributed by atoms with Gasteiger partial charge in [-0.2, -0.15) is 10.2 Å². The van der Waals surface area contributed by atoms with Crippen molar-refractivity contribution in [3.05, 3.63) is 42.2 Å². The molecule has 1 saturated carbocycles. The van der Waals surface area contributed by atoms with Crippen LogP contribution in [0.2, 0.25) is 0 Å². The molecule has 7 rings (SSSR count). The van der Waals surface area contributed by atoms with E-state index in [9.17, 15) is 9.59 Å². The quantitative estimate of drug-likeness (QED) is 0.432. The highest BCUT2D eigenvalue weighted by Crippen LogP contribution is 2.35. The zero-order chi connectivity index (χ0) is 24.4. The number of anilines is 1. The molecule has 36 heavy (non-hydrogen) atoms. The second kappa shape index (κ2) is 8.12. The molecule has 10 heteroatoms. The normalized spacial score (nSPS) is 25.7. The number of nitrogens with two attached hydrogens (primary N) is 1. The number of carbonyl (C=O) groups excluding carboxylic acids is 2.